The molecule has 0 N–H and O–H groups in total. The van der Waals surface area contributed by atoms with Crippen molar-refractivity contribution in [2.45, 2.75) is 110 Å². The molecule has 1 spiro atoms. The first-order valence-electron chi connectivity index (χ1n) is 16.8. The van der Waals surface area contributed by atoms with Crippen molar-refractivity contribution in [3.05, 3.63) is 47.0 Å². The van der Waals surface area contributed by atoms with Crippen LogP contribution in [-0.2, 0) is 35.0 Å². The highest BCUT2D eigenvalue weighted by Crippen LogP contribution is 2.61. The van der Waals surface area contributed by atoms with Crippen molar-refractivity contribution in [2.75, 3.05) is 13.2 Å². The Hall–Kier alpha value is -2.15. The lowest BCUT2D eigenvalue weighted by atomic mass is 9.69. The summed E-state index contributed by atoms with van der Waals surface area (Å²) in [6, 6.07) is 6.07. The molecule has 5 aliphatic rings. The summed E-state index contributed by atoms with van der Waals surface area (Å²) in [6.07, 6.45) is 10.3. The maximum Gasteiger partial charge on any atom is 0.144 e. The molecular weight excluding hydrogens is 540 g/mol. The van der Waals surface area contributed by atoms with Gasteiger partial charge in [-0.05, 0) is 94.2 Å². The second kappa shape index (κ2) is 12.3. The number of benzene rings is 1. The maximum atomic E-state index is 14.6. The number of rotatable bonds is 10. The normalized spacial score (nSPS) is 37.9. The minimum Gasteiger partial charge on any atom is -0.381 e. The van der Waals surface area contributed by atoms with Crippen LogP contribution in [0.5, 0.6) is 0 Å². The number of fused-ring (bicyclic) bond motifs is 1. The lowest BCUT2D eigenvalue weighted by Crippen LogP contribution is -2.44. The van der Waals surface area contributed by atoms with Gasteiger partial charge in [0.05, 0.1) is 36.1 Å². The molecule has 9 unspecified atom stereocenters. The molecule has 3 saturated heterocycles. The van der Waals surface area contributed by atoms with Gasteiger partial charge in [-0.15, -0.1) is 0 Å². The van der Waals surface area contributed by atoms with Crippen molar-refractivity contribution in [2.24, 2.45) is 41.4 Å². The van der Waals surface area contributed by atoms with E-state index in [4.69, 9.17) is 14.2 Å². The van der Waals surface area contributed by atoms with Crippen LogP contribution in [0.1, 0.15) is 82.4 Å². The number of ketones is 3. The van der Waals surface area contributed by atoms with Crippen LogP contribution in [0.25, 0.3) is 0 Å². The summed E-state index contributed by atoms with van der Waals surface area (Å²) in [5.74, 6) is -0.936. The third kappa shape index (κ3) is 5.73. The number of hydrogen-bond acceptors (Lipinski definition) is 6. The molecule has 1 aromatic carbocycles. The summed E-state index contributed by atoms with van der Waals surface area (Å²) in [4.78, 5) is 43.1. The number of ether oxygens (including phenoxy) is 3. The molecule has 6 rings (SSSR count). The molecule has 1 saturated carbocycles. The van der Waals surface area contributed by atoms with Gasteiger partial charge in [-0.25, -0.2) is 0 Å². The number of carbonyl (C=O) groups excluding carboxylic acids is 3. The number of carbonyl (C=O) groups is 3. The zero-order valence-corrected chi connectivity index (χ0v) is 26.7. The summed E-state index contributed by atoms with van der Waals surface area (Å²) in [7, 11) is 0. The van der Waals surface area contributed by atoms with Crippen LogP contribution < -0.4 is 0 Å². The molecule has 4 fully saturated rings. The Balaban J connectivity index is 1.28. The lowest BCUT2D eigenvalue weighted by Gasteiger charge is -2.36. The molecule has 0 radical (unpaired) electrons. The van der Waals surface area contributed by atoms with Gasteiger partial charge in [0.15, 0.2) is 0 Å². The molecule has 4 aliphatic heterocycles. The molecule has 6 heteroatoms. The molecule has 0 aromatic heterocycles. The van der Waals surface area contributed by atoms with E-state index in [0.29, 0.717) is 12.3 Å². The Morgan fingerprint density at radius 3 is 2.47 bits per heavy atom. The number of Topliss-reactive ketones (excluding diaryl/α,β-unsaturated/α-hetero) is 3. The maximum absolute atomic E-state index is 14.6. The van der Waals surface area contributed by atoms with E-state index < -0.39 is 35.4 Å². The summed E-state index contributed by atoms with van der Waals surface area (Å²) in [6.45, 7) is 12.0. The van der Waals surface area contributed by atoms with Crippen LogP contribution >= 0.6 is 0 Å². The Labute approximate surface area is 257 Å². The van der Waals surface area contributed by atoms with Crippen molar-refractivity contribution in [3.8, 4) is 0 Å². The van der Waals surface area contributed by atoms with Gasteiger partial charge in [-0.3, -0.25) is 14.4 Å². The van der Waals surface area contributed by atoms with Crippen molar-refractivity contribution in [3.63, 3.8) is 0 Å². The van der Waals surface area contributed by atoms with Gasteiger partial charge in [0, 0.05) is 32.0 Å². The molecule has 0 amide bonds. The standard InChI is InChI=1S/C37H50O6/c1-21-7-6-8-28(25(21)5)20-29(38)33-31-11-14-37(43-31)34(30(39)19-27-17-23(3)42-24(4)18-27)32(36(40)35(33)37)22(2)9-10-26-12-15-41-16-13-26/h6-8,11,14,22-24,26-27,31-35H,9-10,12-13,15-20H2,1-5H3. The first-order chi connectivity index (χ1) is 20.6. The van der Waals surface area contributed by atoms with Crippen LogP contribution in [0.3, 0.4) is 0 Å². The van der Waals surface area contributed by atoms with Gasteiger partial charge in [0.1, 0.15) is 23.0 Å². The average molecular weight is 591 g/mol. The molecule has 234 valence electrons. The van der Waals surface area contributed by atoms with Crippen molar-refractivity contribution < 1.29 is 28.6 Å². The summed E-state index contributed by atoms with van der Waals surface area (Å²) < 4.78 is 18.2. The predicted octanol–water partition coefficient (Wildman–Crippen LogP) is 6.18. The van der Waals surface area contributed by atoms with Gasteiger partial charge in [-0.1, -0.05) is 43.7 Å². The minimum atomic E-state index is -0.999. The highest BCUT2D eigenvalue weighted by Gasteiger charge is 2.72. The Morgan fingerprint density at radius 2 is 1.74 bits per heavy atom. The monoisotopic (exact) mass is 590 g/mol. The zero-order chi connectivity index (χ0) is 30.5. The molecule has 6 nitrogen and oxygen atoms in total. The second-order valence-electron chi connectivity index (χ2n) is 14.6. The quantitative estimate of drug-likeness (QED) is 0.303. The van der Waals surface area contributed by atoms with E-state index in [-0.39, 0.29) is 47.8 Å². The number of aryl methyl sites for hydroxylation is 1. The highest BCUT2D eigenvalue weighted by atomic mass is 16.5. The van der Waals surface area contributed by atoms with Gasteiger partial charge in [0.2, 0.25) is 0 Å². The Kier molecular flexibility index (Phi) is 8.85. The van der Waals surface area contributed by atoms with Gasteiger partial charge in [-0.2, -0.15) is 0 Å². The molecule has 1 aliphatic carbocycles. The van der Waals surface area contributed by atoms with E-state index in [1.807, 2.05) is 24.3 Å². The fourth-order valence-corrected chi connectivity index (χ4v) is 9.39. The van der Waals surface area contributed by atoms with Crippen molar-refractivity contribution >= 4 is 17.3 Å². The number of hydrogen-bond donors (Lipinski definition) is 0. The first kappa shape index (κ1) is 30.9. The van der Waals surface area contributed by atoms with Crippen LogP contribution in [-0.4, -0.2) is 54.5 Å². The van der Waals surface area contributed by atoms with Crippen molar-refractivity contribution in [1.82, 2.24) is 0 Å². The molecule has 1 aromatic rings. The minimum absolute atomic E-state index is 0.0441. The highest BCUT2D eigenvalue weighted by molar-refractivity contribution is 6.02. The molecule has 2 bridgehead atoms. The first-order valence-corrected chi connectivity index (χ1v) is 16.8. The van der Waals surface area contributed by atoms with Crippen LogP contribution in [0.15, 0.2) is 30.4 Å². The van der Waals surface area contributed by atoms with E-state index in [0.717, 1.165) is 68.4 Å². The van der Waals surface area contributed by atoms with E-state index in [2.05, 4.69) is 40.7 Å². The van der Waals surface area contributed by atoms with Crippen molar-refractivity contribution in [1.29, 1.82) is 0 Å². The largest absolute Gasteiger partial charge is 0.381 e. The lowest BCUT2D eigenvalue weighted by molar-refractivity contribution is -0.138. The molecule has 43 heavy (non-hydrogen) atoms. The van der Waals surface area contributed by atoms with E-state index in [1.165, 1.54) is 0 Å². The van der Waals surface area contributed by atoms with E-state index >= 15 is 0 Å². The topological polar surface area (TPSA) is 78.9 Å². The predicted molar refractivity (Wildman–Crippen MR) is 165 cm³/mol. The van der Waals surface area contributed by atoms with Gasteiger partial charge < -0.3 is 14.2 Å². The molecular formula is C37H50O6. The third-order valence-corrected chi connectivity index (χ3v) is 11.6. The summed E-state index contributed by atoms with van der Waals surface area (Å²) >= 11 is 0. The molecule has 4 heterocycles. The fourth-order valence-electron chi connectivity index (χ4n) is 9.39. The summed E-state index contributed by atoms with van der Waals surface area (Å²) in [5.41, 5.74) is 2.29. The van der Waals surface area contributed by atoms with E-state index in [9.17, 15) is 14.4 Å². The van der Waals surface area contributed by atoms with Crippen LogP contribution in [0.4, 0.5) is 0 Å². The second-order valence-corrected chi connectivity index (χ2v) is 14.6. The SMILES string of the molecule is Cc1cccc(CC(=O)C2C3C=CC4(O3)C(C(=O)CC3CC(C)OC(C)C3)C(C(C)CCC3CCOCC3)C(=O)C24)c1C. The van der Waals surface area contributed by atoms with E-state index in [1.54, 1.807) is 0 Å². The fraction of sp³-hybridized carbons (Fsp3) is 0.703. The third-order valence-electron chi connectivity index (χ3n) is 11.6. The smallest absolute Gasteiger partial charge is 0.144 e. The Morgan fingerprint density at radius 1 is 1.02 bits per heavy atom. The summed E-state index contributed by atoms with van der Waals surface area (Å²) in [5, 5.41) is 0. The van der Waals surface area contributed by atoms with Gasteiger partial charge >= 0.3 is 0 Å². The average Bonchev–Trinajstić information content (AvgIpc) is 3.61. The van der Waals surface area contributed by atoms with Gasteiger partial charge in [0.25, 0.3) is 0 Å². The van der Waals surface area contributed by atoms with Crippen LogP contribution in [0.2, 0.25) is 0 Å². The Bertz CT molecular complexity index is 1250. The molecule has 9 atom stereocenters. The zero-order valence-electron chi connectivity index (χ0n) is 26.7. The van der Waals surface area contributed by atoms with Crippen LogP contribution in [0, 0.1) is 55.3 Å².